The fourth-order valence-electron chi connectivity index (χ4n) is 1.41. The molecule has 1 nitrogen and oxygen atoms in total. The van der Waals surface area contributed by atoms with Gasteiger partial charge < -0.3 is 4.74 Å². The van der Waals surface area contributed by atoms with Gasteiger partial charge in [-0.25, -0.2) is 0 Å². The first kappa shape index (κ1) is 14.4. The predicted molar refractivity (Wildman–Crippen MR) is 68.1 cm³/mol. The molecule has 0 fully saturated rings. The molecule has 0 aliphatic rings. The molecule has 0 saturated heterocycles. The first-order valence-corrected chi connectivity index (χ1v) is 6.19. The summed E-state index contributed by atoms with van der Waals surface area (Å²) in [5, 5.41) is 0. The summed E-state index contributed by atoms with van der Waals surface area (Å²) in [6.45, 7) is 7.25. The third-order valence-electron chi connectivity index (χ3n) is 2.37. The molecule has 0 rings (SSSR count). The van der Waals surface area contributed by atoms with Gasteiger partial charge in [0.15, 0.2) is 0 Å². The van der Waals surface area contributed by atoms with Crippen LogP contribution >= 0.6 is 0 Å². The molecule has 0 aliphatic carbocycles. The van der Waals surface area contributed by atoms with Crippen LogP contribution in [0.4, 0.5) is 0 Å². The molecule has 0 atom stereocenters. The second kappa shape index (κ2) is 11.5. The predicted octanol–water partition coefficient (Wildman–Crippen LogP) is 4.49. The van der Waals surface area contributed by atoms with Gasteiger partial charge in [-0.15, -0.1) is 0 Å². The van der Waals surface area contributed by atoms with Crippen LogP contribution in [0.1, 0.15) is 52.9 Å². The Morgan fingerprint density at radius 1 is 1.00 bits per heavy atom. The van der Waals surface area contributed by atoms with Crippen LogP contribution in [0.3, 0.4) is 0 Å². The quantitative estimate of drug-likeness (QED) is 0.402. The average molecular weight is 210 g/mol. The lowest BCUT2D eigenvalue weighted by Crippen LogP contribution is -2.12. The lowest BCUT2D eigenvalue weighted by atomic mass is 10.1. The van der Waals surface area contributed by atoms with E-state index in [-0.39, 0.29) is 0 Å². The molecule has 0 radical (unpaired) electrons. The van der Waals surface area contributed by atoms with Crippen LogP contribution in [-0.2, 0) is 4.74 Å². The van der Waals surface area contributed by atoms with E-state index in [9.17, 15) is 0 Å². The zero-order valence-electron chi connectivity index (χ0n) is 10.5. The topological polar surface area (TPSA) is 9.23 Å². The second-order valence-electron chi connectivity index (χ2n) is 3.81. The summed E-state index contributed by atoms with van der Waals surface area (Å²) in [4.78, 5) is 0. The number of rotatable bonds is 9. The van der Waals surface area contributed by atoms with Crippen molar-refractivity contribution in [3.63, 3.8) is 0 Å². The summed E-state index contributed by atoms with van der Waals surface area (Å²) in [7, 11) is 0. The molecular weight excluding hydrogens is 184 g/mol. The summed E-state index contributed by atoms with van der Waals surface area (Å²) in [5.74, 6) is 0. The molecule has 0 bridgehead atoms. The second-order valence-corrected chi connectivity index (χ2v) is 3.81. The Bertz CT molecular complexity index is 156. The van der Waals surface area contributed by atoms with Crippen molar-refractivity contribution in [1.29, 1.82) is 0 Å². The molecule has 1 heteroatoms. The van der Waals surface area contributed by atoms with Gasteiger partial charge in [-0.05, 0) is 33.1 Å². The highest BCUT2D eigenvalue weighted by atomic mass is 16.5. The van der Waals surface area contributed by atoms with Crippen LogP contribution < -0.4 is 0 Å². The van der Waals surface area contributed by atoms with Crippen molar-refractivity contribution in [3.05, 3.63) is 24.3 Å². The fraction of sp³-hybridized carbons (Fsp3) is 0.714. The molecule has 0 spiro atoms. The highest BCUT2D eigenvalue weighted by Gasteiger charge is 2.04. The molecule has 0 unspecified atom stereocenters. The zero-order chi connectivity index (χ0) is 11.4. The molecule has 0 aliphatic heterocycles. The minimum atomic E-state index is 0.370. The molecule has 0 aromatic rings. The smallest absolute Gasteiger partial charge is 0.0643 e. The Labute approximate surface area is 95.2 Å². The molecule has 15 heavy (non-hydrogen) atoms. The van der Waals surface area contributed by atoms with Crippen molar-refractivity contribution in [2.24, 2.45) is 0 Å². The monoisotopic (exact) mass is 210 g/mol. The largest absolute Gasteiger partial charge is 0.378 e. The van der Waals surface area contributed by atoms with E-state index < -0.39 is 0 Å². The van der Waals surface area contributed by atoms with Crippen molar-refractivity contribution in [3.8, 4) is 0 Å². The molecule has 0 saturated carbocycles. The van der Waals surface area contributed by atoms with E-state index in [0.717, 1.165) is 19.4 Å². The molecule has 0 N–H and O–H groups in total. The molecule has 0 aromatic heterocycles. The Balaban J connectivity index is 3.68. The van der Waals surface area contributed by atoms with Crippen LogP contribution in [-0.4, -0.2) is 12.7 Å². The summed E-state index contributed by atoms with van der Waals surface area (Å²) >= 11 is 0. The van der Waals surface area contributed by atoms with Gasteiger partial charge in [-0.2, -0.15) is 0 Å². The first-order valence-electron chi connectivity index (χ1n) is 6.19. The van der Waals surface area contributed by atoms with Crippen molar-refractivity contribution in [2.75, 3.05) is 6.61 Å². The zero-order valence-corrected chi connectivity index (χ0v) is 10.5. The lowest BCUT2D eigenvalue weighted by molar-refractivity contribution is 0.0548. The maximum absolute atomic E-state index is 5.85. The number of ether oxygens (including phenoxy) is 1. The summed E-state index contributed by atoms with van der Waals surface area (Å²) in [6, 6.07) is 0. The SMILES string of the molecule is CC=CCC(CC=CC)OCCCCC. The minimum Gasteiger partial charge on any atom is -0.378 e. The maximum Gasteiger partial charge on any atom is 0.0643 e. The van der Waals surface area contributed by atoms with Crippen LogP contribution in [0.5, 0.6) is 0 Å². The number of allylic oxidation sites excluding steroid dienone is 2. The van der Waals surface area contributed by atoms with Gasteiger partial charge in [0.25, 0.3) is 0 Å². The molecule has 0 amide bonds. The standard InChI is InChI=1S/C14H26O/c1-4-7-10-13-15-14(11-8-5-2)12-9-6-3/h5-6,8-9,14H,4,7,10-13H2,1-3H3. The molecule has 0 aromatic carbocycles. The third-order valence-corrected chi connectivity index (χ3v) is 2.37. The van der Waals surface area contributed by atoms with Gasteiger partial charge in [-0.3, -0.25) is 0 Å². The third kappa shape index (κ3) is 9.74. The summed E-state index contributed by atoms with van der Waals surface area (Å²) in [5.41, 5.74) is 0. The number of hydrogen-bond donors (Lipinski definition) is 0. The van der Waals surface area contributed by atoms with Gasteiger partial charge in [0.1, 0.15) is 0 Å². The van der Waals surface area contributed by atoms with Gasteiger partial charge in [0, 0.05) is 6.61 Å². The Hall–Kier alpha value is -0.560. The Morgan fingerprint density at radius 2 is 1.60 bits per heavy atom. The van der Waals surface area contributed by atoms with Crippen LogP contribution in [0.25, 0.3) is 0 Å². The summed E-state index contributed by atoms with van der Waals surface area (Å²) in [6.07, 6.45) is 14.7. The van der Waals surface area contributed by atoms with E-state index in [2.05, 4.69) is 45.1 Å². The summed E-state index contributed by atoms with van der Waals surface area (Å²) < 4.78 is 5.85. The molecule has 0 heterocycles. The van der Waals surface area contributed by atoms with E-state index >= 15 is 0 Å². The lowest BCUT2D eigenvalue weighted by Gasteiger charge is -2.14. The van der Waals surface area contributed by atoms with Crippen molar-refractivity contribution in [1.82, 2.24) is 0 Å². The Morgan fingerprint density at radius 3 is 2.07 bits per heavy atom. The average Bonchev–Trinajstić information content (AvgIpc) is 2.27. The van der Waals surface area contributed by atoms with Crippen molar-refractivity contribution in [2.45, 2.75) is 59.0 Å². The van der Waals surface area contributed by atoms with Crippen molar-refractivity contribution < 1.29 is 4.74 Å². The van der Waals surface area contributed by atoms with Gasteiger partial charge in [0.2, 0.25) is 0 Å². The van der Waals surface area contributed by atoms with E-state index in [0.29, 0.717) is 6.10 Å². The minimum absolute atomic E-state index is 0.370. The fourth-order valence-corrected chi connectivity index (χ4v) is 1.41. The van der Waals surface area contributed by atoms with Gasteiger partial charge >= 0.3 is 0 Å². The molecular formula is C14H26O. The number of hydrogen-bond acceptors (Lipinski definition) is 1. The van der Waals surface area contributed by atoms with Crippen LogP contribution in [0, 0.1) is 0 Å². The number of unbranched alkanes of at least 4 members (excludes halogenated alkanes) is 2. The highest BCUT2D eigenvalue weighted by molar-refractivity contribution is 4.86. The normalized spacial score (nSPS) is 14.1. The van der Waals surface area contributed by atoms with Gasteiger partial charge in [-0.1, -0.05) is 44.1 Å². The van der Waals surface area contributed by atoms with E-state index in [1.165, 1.54) is 19.3 Å². The van der Waals surface area contributed by atoms with Gasteiger partial charge in [0.05, 0.1) is 6.10 Å². The maximum atomic E-state index is 5.85. The highest BCUT2D eigenvalue weighted by Crippen LogP contribution is 2.08. The molecule has 88 valence electrons. The first-order chi connectivity index (χ1) is 7.35. The Kier molecular flexibility index (Phi) is 11.1. The van der Waals surface area contributed by atoms with Crippen LogP contribution in [0.2, 0.25) is 0 Å². The van der Waals surface area contributed by atoms with E-state index in [1.807, 2.05) is 0 Å². The van der Waals surface area contributed by atoms with E-state index in [4.69, 9.17) is 4.74 Å². The van der Waals surface area contributed by atoms with E-state index in [1.54, 1.807) is 0 Å². The van der Waals surface area contributed by atoms with Crippen LogP contribution in [0.15, 0.2) is 24.3 Å². The van der Waals surface area contributed by atoms with Crippen molar-refractivity contribution >= 4 is 0 Å².